The zero-order chi connectivity index (χ0) is 4.99. The van der Waals surface area contributed by atoms with E-state index in [1.807, 2.05) is 0 Å². The van der Waals surface area contributed by atoms with Crippen molar-refractivity contribution >= 4 is 12.6 Å². The topological polar surface area (TPSA) is 9.23 Å². The summed E-state index contributed by atoms with van der Waals surface area (Å²) in [4.78, 5) is 0. The lowest BCUT2D eigenvalue weighted by atomic mass is 11.4. The van der Waals surface area contributed by atoms with E-state index in [9.17, 15) is 8.78 Å². The van der Waals surface area contributed by atoms with Gasteiger partial charge in [0.2, 0.25) is 0 Å². The second kappa shape index (κ2) is 3.36. The minimum atomic E-state index is -2.71. The number of hydrogen-bond donors (Lipinski definition) is 0. The molecular formula is C2H3F2OS. The molecule has 4 heteroatoms. The summed E-state index contributed by atoms with van der Waals surface area (Å²) in [6.07, 6.45) is 0. The highest BCUT2D eigenvalue weighted by Crippen LogP contribution is 1.93. The van der Waals surface area contributed by atoms with E-state index in [1.54, 1.807) is 0 Å². The van der Waals surface area contributed by atoms with Crippen LogP contribution in [0.5, 0.6) is 0 Å². The van der Waals surface area contributed by atoms with Crippen molar-refractivity contribution in [2.24, 2.45) is 0 Å². The van der Waals surface area contributed by atoms with E-state index in [1.165, 1.54) is 0 Å². The SMILES string of the molecule is FC(F)OC[S]. The summed E-state index contributed by atoms with van der Waals surface area (Å²) in [5.74, 6) is -0.336. The molecule has 0 heterocycles. The molecule has 0 rings (SSSR count). The normalized spacial score (nSPS) is 10.0. The molecule has 0 aliphatic heterocycles. The van der Waals surface area contributed by atoms with Crippen LogP contribution in [0.4, 0.5) is 8.78 Å². The standard InChI is InChI=1S/C2H3F2OS/c3-2(4)5-1-6/h2H,1H2. The predicted molar refractivity (Wildman–Crippen MR) is 19.5 cm³/mol. The molecule has 0 aromatic rings. The summed E-state index contributed by atoms with van der Waals surface area (Å²) in [7, 11) is 0. The molecule has 0 unspecified atom stereocenters. The molecule has 6 heavy (non-hydrogen) atoms. The van der Waals surface area contributed by atoms with Gasteiger partial charge >= 0.3 is 6.61 Å². The third-order valence-electron chi connectivity index (χ3n) is 0.194. The van der Waals surface area contributed by atoms with E-state index < -0.39 is 6.61 Å². The Labute approximate surface area is 39.7 Å². The van der Waals surface area contributed by atoms with Crippen molar-refractivity contribution in [3.63, 3.8) is 0 Å². The molecule has 0 atom stereocenters. The highest BCUT2D eigenvalue weighted by Gasteiger charge is 1.95. The summed E-state index contributed by atoms with van der Waals surface area (Å²) in [6.45, 7) is -2.71. The van der Waals surface area contributed by atoms with Crippen LogP contribution in [0.3, 0.4) is 0 Å². The van der Waals surface area contributed by atoms with Crippen LogP contribution in [-0.2, 0) is 4.74 Å². The van der Waals surface area contributed by atoms with Gasteiger partial charge < -0.3 is 4.74 Å². The molecule has 0 aliphatic rings. The molecule has 0 N–H and O–H groups in total. The molecule has 0 saturated heterocycles. The Morgan fingerprint density at radius 2 is 2.17 bits per heavy atom. The van der Waals surface area contributed by atoms with Gasteiger partial charge in [-0.1, -0.05) is 12.6 Å². The van der Waals surface area contributed by atoms with Crippen LogP contribution in [0.15, 0.2) is 0 Å². The zero-order valence-electron chi connectivity index (χ0n) is 2.86. The Balaban J connectivity index is 2.63. The maximum Gasteiger partial charge on any atom is 0.346 e. The molecule has 0 aliphatic carbocycles. The van der Waals surface area contributed by atoms with E-state index >= 15 is 0 Å². The van der Waals surface area contributed by atoms with Crippen molar-refractivity contribution in [1.29, 1.82) is 0 Å². The largest absolute Gasteiger partial charge is 0.346 e. The smallest absolute Gasteiger partial charge is 0.311 e. The highest BCUT2D eigenvalue weighted by molar-refractivity contribution is 7.80. The molecule has 1 radical (unpaired) electrons. The average Bonchev–Trinajstić information content (AvgIpc) is 1.35. The van der Waals surface area contributed by atoms with Gasteiger partial charge in [0.25, 0.3) is 0 Å². The van der Waals surface area contributed by atoms with Crippen LogP contribution in [0.25, 0.3) is 0 Å². The van der Waals surface area contributed by atoms with Gasteiger partial charge in [-0.2, -0.15) is 8.78 Å². The van der Waals surface area contributed by atoms with Gasteiger partial charge in [0.1, 0.15) is 5.94 Å². The maximum atomic E-state index is 10.7. The van der Waals surface area contributed by atoms with E-state index in [-0.39, 0.29) is 5.94 Å². The molecule has 1 nitrogen and oxygen atoms in total. The molecule has 0 saturated carbocycles. The van der Waals surface area contributed by atoms with Crippen LogP contribution >= 0.6 is 12.6 Å². The van der Waals surface area contributed by atoms with Crippen molar-refractivity contribution in [2.75, 3.05) is 5.94 Å². The number of hydrogen-bond acceptors (Lipinski definition) is 1. The Bertz CT molecular complexity index is 32.7. The molecule has 0 amide bonds. The highest BCUT2D eigenvalue weighted by atomic mass is 32.1. The van der Waals surface area contributed by atoms with Crippen LogP contribution in [0.2, 0.25) is 0 Å². The first kappa shape index (κ1) is 6.17. The third kappa shape index (κ3) is 4.17. The average molecular weight is 113 g/mol. The van der Waals surface area contributed by atoms with Gasteiger partial charge in [-0.15, -0.1) is 0 Å². The van der Waals surface area contributed by atoms with Gasteiger partial charge in [-0.3, -0.25) is 0 Å². The Morgan fingerprint density at radius 1 is 1.67 bits per heavy atom. The van der Waals surface area contributed by atoms with Crippen LogP contribution in [0, 0.1) is 0 Å². The Kier molecular flexibility index (Phi) is 3.46. The second-order valence-electron chi connectivity index (χ2n) is 0.545. The minimum absolute atomic E-state index is 0.336. The molecule has 0 aromatic carbocycles. The number of rotatable bonds is 2. The second-order valence-corrected chi connectivity index (χ2v) is 0.781. The molecule has 0 spiro atoms. The van der Waals surface area contributed by atoms with Crippen molar-refractivity contribution < 1.29 is 13.5 Å². The monoisotopic (exact) mass is 113 g/mol. The molecule has 0 aromatic heterocycles. The van der Waals surface area contributed by atoms with E-state index in [0.29, 0.717) is 0 Å². The van der Waals surface area contributed by atoms with Crippen molar-refractivity contribution in [2.45, 2.75) is 6.61 Å². The summed E-state index contributed by atoms with van der Waals surface area (Å²) in [6, 6.07) is 0. The predicted octanol–water partition coefficient (Wildman–Crippen LogP) is 1.38. The van der Waals surface area contributed by atoms with Crippen LogP contribution in [-0.4, -0.2) is 12.6 Å². The van der Waals surface area contributed by atoms with Crippen LogP contribution < -0.4 is 0 Å². The number of alkyl halides is 2. The first-order valence-corrected chi connectivity index (χ1v) is 1.83. The first-order chi connectivity index (χ1) is 2.77. The maximum absolute atomic E-state index is 10.7. The van der Waals surface area contributed by atoms with E-state index in [4.69, 9.17) is 0 Å². The number of halogens is 2. The van der Waals surface area contributed by atoms with Gasteiger partial charge in [0.05, 0.1) is 0 Å². The summed E-state index contributed by atoms with van der Waals surface area (Å²) < 4.78 is 25.0. The molecule has 0 bridgehead atoms. The quantitative estimate of drug-likeness (QED) is 0.525. The molecular weight excluding hydrogens is 110 g/mol. The fourth-order valence-corrected chi connectivity index (χ4v) is 0.154. The zero-order valence-corrected chi connectivity index (χ0v) is 3.67. The Morgan fingerprint density at radius 3 is 2.17 bits per heavy atom. The van der Waals surface area contributed by atoms with Crippen molar-refractivity contribution in [1.82, 2.24) is 0 Å². The van der Waals surface area contributed by atoms with Crippen molar-refractivity contribution in [3.05, 3.63) is 0 Å². The lowest BCUT2D eigenvalue weighted by Gasteiger charge is -1.90. The van der Waals surface area contributed by atoms with Crippen LogP contribution in [0.1, 0.15) is 0 Å². The van der Waals surface area contributed by atoms with E-state index in [0.717, 1.165) is 0 Å². The number of ether oxygens (including phenoxy) is 1. The summed E-state index contributed by atoms with van der Waals surface area (Å²) in [5, 5.41) is 0. The third-order valence-corrected chi connectivity index (χ3v) is 0.330. The summed E-state index contributed by atoms with van der Waals surface area (Å²) >= 11 is 4.03. The fraction of sp³-hybridized carbons (Fsp3) is 1.00. The van der Waals surface area contributed by atoms with Gasteiger partial charge in [-0.05, 0) is 0 Å². The minimum Gasteiger partial charge on any atom is -0.311 e. The van der Waals surface area contributed by atoms with Gasteiger partial charge in [0.15, 0.2) is 0 Å². The van der Waals surface area contributed by atoms with Crippen molar-refractivity contribution in [3.8, 4) is 0 Å². The first-order valence-electron chi connectivity index (χ1n) is 1.25. The van der Waals surface area contributed by atoms with Gasteiger partial charge in [0, 0.05) is 0 Å². The molecule has 0 fully saturated rings. The lowest BCUT2D eigenvalue weighted by Crippen LogP contribution is -1.94. The fourth-order valence-electron chi connectivity index (χ4n) is 0.0514. The lowest BCUT2D eigenvalue weighted by molar-refractivity contribution is -0.111. The van der Waals surface area contributed by atoms with E-state index in [2.05, 4.69) is 17.4 Å². The van der Waals surface area contributed by atoms with Gasteiger partial charge in [-0.25, -0.2) is 0 Å². The Hall–Kier alpha value is 0.170. The molecule has 37 valence electrons. The summed E-state index contributed by atoms with van der Waals surface area (Å²) in [5.41, 5.74) is 0.